The monoisotopic (exact) mass is 279 g/mol. The van der Waals surface area contributed by atoms with Gasteiger partial charge in [0.25, 0.3) is 0 Å². The molecule has 0 saturated heterocycles. The second kappa shape index (κ2) is 7.29. The summed E-state index contributed by atoms with van der Waals surface area (Å²) in [6, 6.07) is 6.60. The largest absolute Gasteiger partial charge is 0.494 e. The number of ether oxygens (including phenoxy) is 1. The van der Waals surface area contributed by atoms with E-state index in [1.807, 2.05) is 0 Å². The average Bonchev–Trinajstić information content (AvgIpc) is 2.33. The van der Waals surface area contributed by atoms with Crippen molar-refractivity contribution in [1.29, 1.82) is 0 Å². The lowest BCUT2D eigenvalue weighted by molar-refractivity contribution is 0.0696. The Morgan fingerprint density at radius 3 is 2.65 bits per heavy atom. The molecule has 1 N–H and O–H groups in total. The molecule has 0 unspecified atom stereocenters. The van der Waals surface area contributed by atoms with Gasteiger partial charge in [0.15, 0.2) is 0 Å². The zero-order valence-electron chi connectivity index (χ0n) is 12.8. The van der Waals surface area contributed by atoms with Gasteiger partial charge in [-0.3, -0.25) is 0 Å². The molecule has 4 nitrogen and oxygen atoms in total. The van der Waals surface area contributed by atoms with E-state index >= 15 is 0 Å². The summed E-state index contributed by atoms with van der Waals surface area (Å²) in [6.07, 6.45) is 0.921. The minimum atomic E-state index is -0.930. The molecule has 0 heterocycles. The first-order valence-corrected chi connectivity index (χ1v) is 6.93. The Morgan fingerprint density at radius 2 is 2.05 bits per heavy atom. The average molecular weight is 279 g/mol. The molecule has 1 rings (SSSR count). The Bertz CT molecular complexity index is 438. The van der Waals surface area contributed by atoms with Gasteiger partial charge in [-0.1, -0.05) is 26.8 Å². The molecule has 1 aromatic carbocycles. The standard InChI is InChI=1S/C16H25NO3/c1-16(2,3)12-17(4)9-6-10-20-14-8-5-7-13(11-14)15(18)19/h5,7-8,11H,6,9-10,12H2,1-4H3,(H,18,19). The number of rotatable bonds is 7. The van der Waals surface area contributed by atoms with Crippen LogP contribution < -0.4 is 4.74 Å². The summed E-state index contributed by atoms with van der Waals surface area (Å²) >= 11 is 0. The molecule has 0 bridgehead atoms. The van der Waals surface area contributed by atoms with E-state index in [-0.39, 0.29) is 5.56 Å². The minimum absolute atomic E-state index is 0.257. The smallest absolute Gasteiger partial charge is 0.335 e. The molecular formula is C16H25NO3. The Hall–Kier alpha value is -1.55. The SMILES string of the molecule is CN(CCCOc1cccc(C(=O)O)c1)CC(C)(C)C. The van der Waals surface area contributed by atoms with Crippen LogP contribution in [0, 0.1) is 5.41 Å². The van der Waals surface area contributed by atoms with Crippen LogP contribution in [0.1, 0.15) is 37.6 Å². The summed E-state index contributed by atoms with van der Waals surface area (Å²) in [6.45, 7) is 9.27. The molecule has 0 amide bonds. The molecule has 0 aliphatic rings. The van der Waals surface area contributed by atoms with Gasteiger partial charge in [-0.15, -0.1) is 0 Å². The van der Waals surface area contributed by atoms with E-state index in [0.717, 1.165) is 19.5 Å². The van der Waals surface area contributed by atoms with Crippen molar-refractivity contribution < 1.29 is 14.6 Å². The van der Waals surface area contributed by atoms with Gasteiger partial charge < -0.3 is 14.7 Å². The van der Waals surface area contributed by atoms with Gasteiger partial charge in [-0.2, -0.15) is 0 Å². The number of benzene rings is 1. The van der Waals surface area contributed by atoms with Crippen LogP contribution >= 0.6 is 0 Å². The van der Waals surface area contributed by atoms with E-state index < -0.39 is 5.97 Å². The fraction of sp³-hybridized carbons (Fsp3) is 0.562. The van der Waals surface area contributed by atoms with Gasteiger partial charge in [-0.25, -0.2) is 4.79 Å². The predicted molar refractivity (Wildman–Crippen MR) is 80.5 cm³/mol. The van der Waals surface area contributed by atoms with Gasteiger partial charge >= 0.3 is 5.97 Å². The first-order chi connectivity index (χ1) is 9.28. The molecule has 112 valence electrons. The summed E-state index contributed by atoms with van der Waals surface area (Å²) < 4.78 is 5.59. The van der Waals surface area contributed by atoms with Crippen molar-refractivity contribution >= 4 is 5.97 Å². The van der Waals surface area contributed by atoms with E-state index in [1.54, 1.807) is 24.3 Å². The number of carbonyl (C=O) groups is 1. The third-order valence-corrected chi connectivity index (χ3v) is 2.78. The van der Waals surface area contributed by atoms with Crippen molar-refractivity contribution in [2.24, 2.45) is 5.41 Å². The lowest BCUT2D eigenvalue weighted by Gasteiger charge is -2.26. The maximum Gasteiger partial charge on any atom is 0.335 e. The maximum atomic E-state index is 10.8. The second-order valence-electron chi connectivity index (χ2n) is 6.33. The molecule has 20 heavy (non-hydrogen) atoms. The van der Waals surface area contributed by atoms with E-state index in [4.69, 9.17) is 9.84 Å². The molecule has 0 saturated carbocycles. The number of nitrogens with zero attached hydrogens (tertiary/aromatic N) is 1. The highest BCUT2D eigenvalue weighted by atomic mass is 16.5. The molecule has 0 aliphatic carbocycles. The Labute approximate surface area is 121 Å². The highest BCUT2D eigenvalue weighted by Crippen LogP contribution is 2.15. The maximum absolute atomic E-state index is 10.8. The summed E-state index contributed by atoms with van der Waals surface area (Å²) in [5.41, 5.74) is 0.554. The van der Waals surface area contributed by atoms with Gasteiger partial charge in [0, 0.05) is 13.1 Å². The van der Waals surface area contributed by atoms with Crippen molar-refractivity contribution in [3.63, 3.8) is 0 Å². The summed E-state index contributed by atoms with van der Waals surface area (Å²) in [7, 11) is 2.11. The number of carboxylic acids is 1. The minimum Gasteiger partial charge on any atom is -0.494 e. The van der Waals surface area contributed by atoms with E-state index in [9.17, 15) is 4.79 Å². The number of hydrogen-bond acceptors (Lipinski definition) is 3. The fourth-order valence-corrected chi connectivity index (χ4v) is 2.13. The van der Waals surface area contributed by atoms with Crippen LogP contribution in [0.5, 0.6) is 5.75 Å². The third kappa shape index (κ3) is 6.57. The van der Waals surface area contributed by atoms with Crippen LogP contribution in [0.25, 0.3) is 0 Å². The van der Waals surface area contributed by atoms with E-state index in [1.165, 1.54) is 0 Å². The molecule has 0 aliphatic heterocycles. The third-order valence-electron chi connectivity index (χ3n) is 2.78. The molecule has 0 atom stereocenters. The summed E-state index contributed by atoms with van der Waals surface area (Å²) in [5, 5.41) is 8.90. The fourth-order valence-electron chi connectivity index (χ4n) is 2.13. The molecule has 0 fully saturated rings. The van der Waals surface area contributed by atoms with Crippen LogP contribution in [-0.2, 0) is 0 Å². The lowest BCUT2D eigenvalue weighted by Crippen LogP contribution is -2.30. The highest BCUT2D eigenvalue weighted by molar-refractivity contribution is 5.87. The number of hydrogen-bond donors (Lipinski definition) is 1. The zero-order valence-corrected chi connectivity index (χ0v) is 12.8. The Kier molecular flexibility index (Phi) is 6.02. The topological polar surface area (TPSA) is 49.8 Å². The molecule has 0 spiro atoms. The second-order valence-corrected chi connectivity index (χ2v) is 6.33. The summed E-state index contributed by atoms with van der Waals surface area (Å²) in [5.74, 6) is -0.316. The number of aromatic carboxylic acids is 1. The van der Waals surface area contributed by atoms with Gasteiger partial charge in [0.2, 0.25) is 0 Å². The molecule has 0 aromatic heterocycles. The van der Waals surface area contributed by atoms with Crippen molar-refractivity contribution in [2.75, 3.05) is 26.7 Å². The first-order valence-electron chi connectivity index (χ1n) is 6.93. The van der Waals surface area contributed by atoms with Crippen LogP contribution in [0.2, 0.25) is 0 Å². The number of carboxylic acid groups (broad SMARTS) is 1. The van der Waals surface area contributed by atoms with Crippen LogP contribution in [0.4, 0.5) is 0 Å². The van der Waals surface area contributed by atoms with Gasteiger partial charge in [-0.05, 0) is 37.1 Å². The van der Waals surface area contributed by atoms with Gasteiger partial charge in [0.05, 0.1) is 12.2 Å². The normalized spacial score (nSPS) is 11.7. The van der Waals surface area contributed by atoms with E-state index in [0.29, 0.717) is 17.8 Å². The molecule has 4 heteroatoms. The Balaban J connectivity index is 2.31. The van der Waals surface area contributed by atoms with Crippen molar-refractivity contribution in [3.8, 4) is 5.75 Å². The Morgan fingerprint density at radius 1 is 1.35 bits per heavy atom. The van der Waals surface area contributed by atoms with E-state index in [2.05, 4.69) is 32.7 Å². The quantitative estimate of drug-likeness (QED) is 0.779. The van der Waals surface area contributed by atoms with Crippen LogP contribution in [0.3, 0.4) is 0 Å². The zero-order chi connectivity index (χ0) is 15.2. The first kappa shape index (κ1) is 16.5. The molecule has 0 radical (unpaired) electrons. The molecule has 1 aromatic rings. The van der Waals surface area contributed by atoms with Crippen molar-refractivity contribution in [3.05, 3.63) is 29.8 Å². The molecular weight excluding hydrogens is 254 g/mol. The highest BCUT2D eigenvalue weighted by Gasteiger charge is 2.12. The van der Waals surface area contributed by atoms with Crippen molar-refractivity contribution in [2.45, 2.75) is 27.2 Å². The summed E-state index contributed by atoms with van der Waals surface area (Å²) in [4.78, 5) is 13.1. The lowest BCUT2D eigenvalue weighted by atomic mass is 9.96. The predicted octanol–water partition coefficient (Wildman–Crippen LogP) is 3.13. The van der Waals surface area contributed by atoms with Crippen LogP contribution in [-0.4, -0.2) is 42.7 Å². The van der Waals surface area contributed by atoms with Gasteiger partial charge in [0.1, 0.15) is 5.75 Å². The van der Waals surface area contributed by atoms with Crippen molar-refractivity contribution in [1.82, 2.24) is 4.90 Å². The van der Waals surface area contributed by atoms with Crippen LogP contribution in [0.15, 0.2) is 24.3 Å².